The molecule has 1 heterocycles. The maximum absolute atomic E-state index is 5.92. The summed E-state index contributed by atoms with van der Waals surface area (Å²) in [6, 6.07) is 2.62. The number of nitrogens with one attached hydrogen (secondary N) is 1. The number of hydrogen-bond acceptors (Lipinski definition) is 2. The molecule has 0 amide bonds. The van der Waals surface area contributed by atoms with Crippen molar-refractivity contribution in [3.05, 3.63) is 21.9 Å². The van der Waals surface area contributed by atoms with E-state index < -0.39 is 0 Å². The van der Waals surface area contributed by atoms with Crippen molar-refractivity contribution in [3.63, 3.8) is 0 Å². The first-order chi connectivity index (χ1) is 9.17. The molecule has 0 bridgehead atoms. The summed E-state index contributed by atoms with van der Waals surface area (Å²) in [7, 11) is 0. The van der Waals surface area contributed by atoms with Crippen molar-refractivity contribution in [2.75, 3.05) is 5.32 Å². The van der Waals surface area contributed by atoms with Gasteiger partial charge in [-0.25, -0.2) is 4.98 Å². The molecule has 0 atom stereocenters. The van der Waals surface area contributed by atoms with Crippen LogP contribution in [0.25, 0.3) is 0 Å². The average Bonchev–Trinajstić information content (AvgIpc) is 2.86. The Morgan fingerprint density at radius 2 is 1.89 bits per heavy atom. The first kappa shape index (κ1) is 13.7. The molecule has 1 N–H and O–H groups in total. The summed E-state index contributed by atoms with van der Waals surface area (Å²) >= 11 is 9.34. The molecule has 1 spiro atoms. The number of aromatic nitrogens is 1. The van der Waals surface area contributed by atoms with Crippen molar-refractivity contribution in [2.45, 2.75) is 57.4 Å². The topological polar surface area (TPSA) is 24.9 Å². The summed E-state index contributed by atoms with van der Waals surface area (Å²) in [6.45, 7) is 0. The second kappa shape index (κ2) is 5.61. The molecule has 2 saturated carbocycles. The molecule has 0 unspecified atom stereocenters. The highest BCUT2D eigenvalue weighted by molar-refractivity contribution is 9.10. The lowest BCUT2D eigenvalue weighted by atomic mass is 9.71. The van der Waals surface area contributed by atoms with E-state index >= 15 is 0 Å². The molecule has 2 aliphatic carbocycles. The van der Waals surface area contributed by atoms with Crippen LogP contribution in [-0.2, 0) is 0 Å². The molecule has 2 nitrogen and oxygen atoms in total. The van der Waals surface area contributed by atoms with Crippen LogP contribution >= 0.6 is 27.5 Å². The molecule has 2 aliphatic rings. The van der Waals surface area contributed by atoms with Crippen LogP contribution in [-0.4, -0.2) is 11.0 Å². The van der Waals surface area contributed by atoms with Gasteiger partial charge < -0.3 is 5.32 Å². The third kappa shape index (κ3) is 3.08. The second-order valence-electron chi connectivity index (χ2n) is 6.12. The van der Waals surface area contributed by atoms with Crippen LogP contribution < -0.4 is 5.32 Å². The quantitative estimate of drug-likeness (QED) is 0.726. The molecule has 19 heavy (non-hydrogen) atoms. The predicted molar refractivity (Wildman–Crippen MR) is 83.7 cm³/mol. The second-order valence-corrected chi connectivity index (χ2v) is 7.33. The zero-order valence-corrected chi connectivity index (χ0v) is 13.4. The fourth-order valence-corrected chi connectivity index (χ4v) is 4.19. The van der Waals surface area contributed by atoms with Gasteiger partial charge in [0.25, 0.3) is 0 Å². The molecule has 1 aromatic rings. The van der Waals surface area contributed by atoms with Crippen LogP contribution in [0.15, 0.2) is 16.7 Å². The molecule has 3 rings (SSSR count). The van der Waals surface area contributed by atoms with Gasteiger partial charge in [-0.2, -0.15) is 0 Å². The number of hydrogen-bond donors (Lipinski definition) is 1. The van der Waals surface area contributed by atoms with Gasteiger partial charge in [0, 0.05) is 6.04 Å². The van der Waals surface area contributed by atoms with Gasteiger partial charge in [0.1, 0.15) is 5.15 Å². The highest BCUT2D eigenvalue weighted by atomic mass is 79.9. The molecule has 104 valence electrons. The van der Waals surface area contributed by atoms with Crippen LogP contribution in [0, 0.1) is 5.41 Å². The van der Waals surface area contributed by atoms with E-state index in [1.165, 1.54) is 51.4 Å². The third-order valence-corrected chi connectivity index (χ3v) is 6.01. The van der Waals surface area contributed by atoms with Gasteiger partial charge in [-0.15, -0.1) is 0 Å². The number of halogens is 2. The van der Waals surface area contributed by atoms with Crippen molar-refractivity contribution in [2.24, 2.45) is 5.41 Å². The van der Waals surface area contributed by atoms with Crippen LogP contribution in [0.3, 0.4) is 0 Å². The predicted octanol–water partition coefficient (Wildman–Crippen LogP) is 5.41. The lowest BCUT2D eigenvalue weighted by Crippen LogP contribution is -2.31. The largest absolute Gasteiger partial charge is 0.381 e. The molecule has 1 aromatic heterocycles. The zero-order valence-electron chi connectivity index (χ0n) is 11.1. The minimum atomic E-state index is 0.527. The maximum Gasteiger partial charge on any atom is 0.143 e. The monoisotopic (exact) mass is 342 g/mol. The van der Waals surface area contributed by atoms with Gasteiger partial charge in [-0.1, -0.05) is 24.4 Å². The van der Waals surface area contributed by atoms with E-state index in [0.717, 1.165) is 10.2 Å². The summed E-state index contributed by atoms with van der Waals surface area (Å²) in [5.74, 6) is 0. The van der Waals surface area contributed by atoms with Crippen molar-refractivity contribution in [1.29, 1.82) is 0 Å². The molecule has 0 aliphatic heterocycles. The summed E-state index contributed by atoms with van der Waals surface area (Å²) < 4.78 is 0.863. The molecule has 2 fully saturated rings. The van der Waals surface area contributed by atoms with Crippen LogP contribution in [0.1, 0.15) is 51.4 Å². The Bertz CT molecular complexity index is 447. The molecular weight excluding hydrogens is 324 g/mol. The molecule has 0 saturated heterocycles. The van der Waals surface area contributed by atoms with Gasteiger partial charge in [0.15, 0.2) is 0 Å². The smallest absolute Gasteiger partial charge is 0.143 e. The van der Waals surface area contributed by atoms with Crippen LogP contribution in [0.4, 0.5) is 5.69 Å². The Morgan fingerprint density at radius 3 is 2.53 bits per heavy atom. The Kier molecular flexibility index (Phi) is 4.04. The van der Waals surface area contributed by atoms with Crippen molar-refractivity contribution < 1.29 is 0 Å². The van der Waals surface area contributed by atoms with Crippen molar-refractivity contribution in [1.82, 2.24) is 4.98 Å². The van der Waals surface area contributed by atoms with Crippen LogP contribution in [0.2, 0.25) is 5.15 Å². The fourth-order valence-electron chi connectivity index (χ4n) is 3.74. The van der Waals surface area contributed by atoms with Crippen LogP contribution in [0.5, 0.6) is 0 Å². The van der Waals surface area contributed by atoms with E-state index in [1.807, 2.05) is 12.3 Å². The maximum atomic E-state index is 5.92. The summed E-state index contributed by atoms with van der Waals surface area (Å²) in [5, 5.41) is 4.13. The van der Waals surface area contributed by atoms with Crippen molar-refractivity contribution in [3.8, 4) is 0 Å². The Hall–Kier alpha value is -0.280. The van der Waals surface area contributed by atoms with E-state index in [4.69, 9.17) is 11.6 Å². The summed E-state index contributed by atoms with van der Waals surface area (Å²) in [4.78, 5) is 4.17. The number of rotatable bonds is 2. The SMILES string of the molecule is Clc1ncc(NC2CCC3(CCCC3)CC2)cc1Br. The first-order valence-electron chi connectivity index (χ1n) is 7.25. The average molecular weight is 344 g/mol. The van der Waals surface area contributed by atoms with Gasteiger partial charge in [-0.3, -0.25) is 0 Å². The standard InChI is InChI=1S/C15H20BrClN2/c16-13-9-12(10-18-14(13)17)19-11-3-7-15(8-4-11)5-1-2-6-15/h9-11,19H,1-8H2. The highest BCUT2D eigenvalue weighted by Gasteiger charge is 2.37. The van der Waals surface area contributed by atoms with Crippen molar-refractivity contribution >= 4 is 33.2 Å². The van der Waals surface area contributed by atoms with E-state index in [1.54, 1.807) is 0 Å². The van der Waals surface area contributed by atoms with E-state index in [9.17, 15) is 0 Å². The number of nitrogens with zero attached hydrogens (tertiary/aromatic N) is 1. The molecule has 0 radical (unpaired) electrons. The lowest BCUT2D eigenvalue weighted by molar-refractivity contribution is 0.188. The fraction of sp³-hybridized carbons (Fsp3) is 0.667. The van der Waals surface area contributed by atoms with Gasteiger partial charge >= 0.3 is 0 Å². The normalized spacial score (nSPS) is 22.8. The number of pyridine rings is 1. The van der Waals surface area contributed by atoms with Gasteiger partial charge in [-0.05, 0) is 65.9 Å². The molecule has 4 heteroatoms. The summed E-state index contributed by atoms with van der Waals surface area (Å²) in [6.07, 6.45) is 13.0. The third-order valence-electron chi connectivity index (χ3n) is 4.88. The Labute approximate surface area is 128 Å². The number of anilines is 1. The van der Waals surface area contributed by atoms with E-state index in [-0.39, 0.29) is 0 Å². The first-order valence-corrected chi connectivity index (χ1v) is 8.42. The van der Waals surface area contributed by atoms with E-state index in [2.05, 4.69) is 26.2 Å². The molecule has 0 aromatic carbocycles. The Balaban J connectivity index is 1.58. The highest BCUT2D eigenvalue weighted by Crippen LogP contribution is 2.49. The zero-order chi connectivity index (χ0) is 13.3. The van der Waals surface area contributed by atoms with Gasteiger partial charge in [0.2, 0.25) is 0 Å². The minimum absolute atomic E-state index is 0.527. The van der Waals surface area contributed by atoms with Gasteiger partial charge in [0.05, 0.1) is 16.4 Å². The molecular formula is C15H20BrClN2. The summed E-state index contributed by atoms with van der Waals surface area (Å²) in [5.41, 5.74) is 1.78. The minimum Gasteiger partial charge on any atom is -0.381 e. The van der Waals surface area contributed by atoms with E-state index in [0.29, 0.717) is 16.6 Å². The Morgan fingerprint density at radius 1 is 1.21 bits per heavy atom. The lowest BCUT2D eigenvalue weighted by Gasteiger charge is -2.37.